The lowest BCUT2D eigenvalue weighted by atomic mass is 9.96. The van der Waals surface area contributed by atoms with Gasteiger partial charge in [0.25, 0.3) is 5.91 Å². The van der Waals surface area contributed by atoms with Crippen molar-refractivity contribution in [3.63, 3.8) is 0 Å². The molecule has 3 aliphatic heterocycles. The van der Waals surface area contributed by atoms with Crippen LogP contribution in [0.15, 0.2) is 35.2 Å². The summed E-state index contributed by atoms with van der Waals surface area (Å²) < 4.78 is 33.7. The van der Waals surface area contributed by atoms with Crippen molar-refractivity contribution in [2.45, 2.75) is 31.6 Å². The minimum Gasteiger partial charge on any atom is -0.482 e. The van der Waals surface area contributed by atoms with Crippen molar-refractivity contribution in [2.75, 3.05) is 56.1 Å². The van der Waals surface area contributed by atoms with Gasteiger partial charge in [-0.2, -0.15) is 4.31 Å². The summed E-state index contributed by atoms with van der Waals surface area (Å²) >= 11 is 6.19. The highest BCUT2D eigenvalue weighted by Gasteiger charge is 2.36. The third kappa shape index (κ3) is 5.15. The number of ether oxygens (including phenoxy) is 1. The molecule has 2 saturated heterocycles. The summed E-state index contributed by atoms with van der Waals surface area (Å²) in [6, 6.07) is 8.97. The van der Waals surface area contributed by atoms with Crippen molar-refractivity contribution in [1.82, 2.24) is 9.21 Å². The topological polar surface area (TPSA) is 99.3 Å². The van der Waals surface area contributed by atoms with Crippen LogP contribution in [0.25, 0.3) is 0 Å². The number of halogens is 1. The van der Waals surface area contributed by atoms with Crippen LogP contribution in [0.1, 0.15) is 24.0 Å². The molecule has 3 aliphatic rings. The maximum atomic E-state index is 13.4. The molecule has 0 aliphatic carbocycles. The first-order valence-corrected chi connectivity index (χ1v) is 14.3. The Morgan fingerprint density at radius 2 is 1.70 bits per heavy atom. The molecular weight excluding hydrogens is 516 g/mol. The number of carbonyl (C=O) groups is 2. The molecule has 198 valence electrons. The molecule has 2 aromatic carbocycles. The molecule has 0 bridgehead atoms. The Morgan fingerprint density at radius 3 is 2.41 bits per heavy atom. The summed E-state index contributed by atoms with van der Waals surface area (Å²) in [5.74, 6) is -0.00103. The van der Waals surface area contributed by atoms with Gasteiger partial charge in [0.2, 0.25) is 15.9 Å². The highest BCUT2D eigenvalue weighted by Crippen LogP contribution is 2.35. The summed E-state index contributed by atoms with van der Waals surface area (Å²) in [6.45, 7) is 6.93. The van der Waals surface area contributed by atoms with Crippen LogP contribution in [-0.2, 0) is 19.6 Å². The van der Waals surface area contributed by atoms with Gasteiger partial charge in [-0.25, -0.2) is 8.42 Å². The Hall–Kier alpha value is -2.82. The van der Waals surface area contributed by atoms with E-state index in [0.717, 1.165) is 24.3 Å². The molecule has 11 heteroatoms. The van der Waals surface area contributed by atoms with E-state index in [4.69, 9.17) is 16.3 Å². The fourth-order valence-electron chi connectivity index (χ4n) is 5.33. The number of nitrogens with one attached hydrogen (secondary N) is 1. The number of anilines is 2. The Labute approximate surface area is 222 Å². The Balaban J connectivity index is 1.19. The summed E-state index contributed by atoms with van der Waals surface area (Å²) in [5, 5.41) is 3.40. The number of hydrogen-bond acceptors (Lipinski definition) is 6. The van der Waals surface area contributed by atoms with Crippen molar-refractivity contribution >= 4 is 44.8 Å². The lowest BCUT2D eigenvalue weighted by molar-refractivity contribution is -0.137. The van der Waals surface area contributed by atoms with Crippen LogP contribution in [0.4, 0.5) is 11.4 Å². The number of carbonyl (C=O) groups excluding carboxylic acids is 2. The van der Waals surface area contributed by atoms with Crippen molar-refractivity contribution in [1.29, 1.82) is 0 Å². The molecule has 0 aromatic heterocycles. The van der Waals surface area contributed by atoms with E-state index >= 15 is 0 Å². The predicted octanol–water partition coefficient (Wildman–Crippen LogP) is 3.04. The normalized spacial score (nSPS) is 19.3. The van der Waals surface area contributed by atoms with E-state index in [0.29, 0.717) is 48.0 Å². The number of fused-ring (bicyclic) bond motifs is 1. The number of sulfonamides is 1. The van der Waals surface area contributed by atoms with Gasteiger partial charge in [0.05, 0.1) is 10.6 Å². The number of piperazine rings is 1. The number of amides is 2. The molecule has 5 rings (SSSR count). The van der Waals surface area contributed by atoms with Gasteiger partial charge < -0.3 is 19.9 Å². The number of nitrogens with zero attached hydrogens (tertiary/aromatic N) is 3. The summed E-state index contributed by atoms with van der Waals surface area (Å²) in [6.07, 6.45) is 0.977. The second-order valence-corrected chi connectivity index (χ2v) is 12.2. The average Bonchev–Trinajstić information content (AvgIpc) is 2.89. The maximum Gasteiger partial charge on any atom is 0.262 e. The second-order valence-electron chi connectivity index (χ2n) is 9.87. The zero-order chi connectivity index (χ0) is 26.3. The van der Waals surface area contributed by atoms with E-state index in [9.17, 15) is 18.0 Å². The molecule has 0 unspecified atom stereocenters. The molecule has 9 nitrogen and oxygen atoms in total. The SMILES string of the molecule is Cc1ccc(Cl)cc1N1CCN(C(=O)C2CCN(S(=O)(=O)c3cc4c(cc3C)NC(=O)CO4)CC2)CC1. The van der Waals surface area contributed by atoms with E-state index in [1.807, 2.05) is 23.1 Å². The van der Waals surface area contributed by atoms with Crippen LogP contribution in [0, 0.1) is 19.8 Å². The van der Waals surface area contributed by atoms with E-state index in [-0.39, 0.29) is 42.3 Å². The molecule has 0 atom stereocenters. The van der Waals surface area contributed by atoms with E-state index in [2.05, 4.69) is 17.1 Å². The largest absolute Gasteiger partial charge is 0.482 e. The molecule has 3 heterocycles. The zero-order valence-electron chi connectivity index (χ0n) is 21.0. The van der Waals surface area contributed by atoms with Gasteiger partial charge in [-0.15, -0.1) is 0 Å². The Morgan fingerprint density at radius 1 is 1.00 bits per heavy atom. The van der Waals surface area contributed by atoms with Gasteiger partial charge in [-0.3, -0.25) is 9.59 Å². The first-order valence-electron chi connectivity index (χ1n) is 12.5. The van der Waals surface area contributed by atoms with Gasteiger partial charge in [0.15, 0.2) is 6.61 Å². The molecule has 1 N–H and O–H groups in total. The number of aryl methyl sites for hydroxylation is 2. The molecule has 2 fully saturated rings. The maximum absolute atomic E-state index is 13.4. The van der Waals surface area contributed by atoms with Crippen molar-refractivity contribution < 1.29 is 22.7 Å². The minimum absolute atomic E-state index is 0.105. The average molecular weight is 547 g/mol. The number of piperidine rings is 1. The Kier molecular flexibility index (Phi) is 7.08. The third-order valence-electron chi connectivity index (χ3n) is 7.43. The zero-order valence-corrected chi connectivity index (χ0v) is 22.6. The Bertz CT molecular complexity index is 1330. The minimum atomic E-state index is -3.76. The van der Waals surface area contributed by atoms with Crippen LogP contribution >= 0.6 is 11.6 Å². The molecule has 2 amide bonds. The third-order valence-corrected chi connectivity index (χ3v) is 9.71. The van der Waals surface area contributed by atoms with Crippen LogP contribution in [0.3, 0.4) is 0 Å². The van der Waals surface area contributed by atoms with Crippen LogP contribution in [0.2, 0.25) is 5.02 Å². The monoisotopic (exact) mass is 546 g/mol. The number of rotatable bonds is 4. The summed E-state index contributed by atoms with van der Waals surface area (Å²) in [7, 11) is -3.76. The van der Waals surface area contributed by atoms with Crippen molar-refractivity contribution in [2.24, 2.45) is 5.92 Å². The van der Waals surface area contributed by atoms with Crippen LogP contribution < -0.4 is 15.0 Å². The lowest BCUT2D eigenvalue weighted by Crippen LogP contribution is -2.52. The second kappa shape index (κ2) is 10.2. The van der Waals surface area contributed by atoms with Gasteiger partial charge in [0, 0.05) is 62.0 Å². The van der Waals surface area contributed by atoms with Gasteiger partial charge in [0.1, 0.15) is 5.75 Å². The van der Waals surface area contributed by atoms with Crippen LogP contribution in [-0.4, -0.2) is 75.3 Å². The first-order chi connectivity index (χ1) is 17.6. The lowest BCUT2D eigenvalue weighted by Gasteiger charge is -2.39. The molecule has 0 radical (unpaired) electrons. The highest BCUT2D eigenvalue weighted by atomic mass is 35.5. The first kappa shape index (κ1) is 25.8. The molecule has 37 heavy (non-hydrogen) atoms. The van der Waals surface area contributed by atoms with Gasteiger partial charge in [-0.1, -0.05) is 17.7 Å². The van der Waals surface area contributed by atoms with Gasteiger partial charge in [-0.05, 0) is 56.0 Å². The summed E-state index contributed by atoms with van der Waals surface area (Å²) in [4.78, 5) is 29.2. The molecule has 0 saturated carbocycles. The summed E-state index contributed by atoms with van der Waals surface area (Å²) in [5.41, 5.74) is 3.27. The standard InChI is InChI=1S/C26H31ClN4O5S/c1-17-3-4-20(27)14-22(17)29-9-11-30(12-10-29)26(33)19-5-7-31(8-6-19)37(34,35)24-15-23-21(13-18(24)2)28-25(32)16-36-23/h3-4,13-15,19H,5-12,16H2,1-2H3,(H,28,32). The smallest absolute Gasteiger partial charge is 0.262 e. The van der Waals surface area contributed by atoms with E-state index < -0.39 is 10.0 Å². The van der Waals surface area contributed by atoms with Gasteiger partial charge >= 0.3 is 0 Å². The number of hydrogen-bond donors (Lipinski definition) is 1. The number of benzene rings is 2. The molecular formula is C26H31ClN4O5S. The van der Waals surface area contributed by atoms with Crippen LogP contribution in [0.5, 0.6) is 5.75 Å². The van der Waals surface area contributed by atoms with E-state index in [1.54, 1.807) is 13.0 Å². The van der Waals surface area contributed by atoms with Crippen molar-refractivity contribution in [3.8, 4) is 5.75 Å². The quantitative estimate of drug-likeness (QED) is 0.633. The molecule has 2 aromatic rings. The fourth-order valence-corrected chi connectivity index (χ4v) is 7.18. The molecule has 0 spiro atoms. The highest BCUT2D eigenvalue weighted by molar-refractivity contribution is 7.89. The predicted molar refractivity (Wildman–Crippen MR) is 142 cm³/mol. The van der Waals surface area contributed by atoms with E-state index in [1.165, 1.54) is 10.4 Å². The fraction of sp³-hybridized carbons (Fsp3) is 0.462. The van der Waals surface area contributed by atoms with Crippen molar-refractivity contribution in [3.05, 3.63) is 46.5 Å².